The van der Waals surface area contributed by atoms with Crippen LogP contribution in [-0.4, -0.2) is 54.6 Å². The lowest BCUT2D eigenvalue weighted by Crippen LogP contribution is -2.49. The summed E-state index contributed by atoms with van der Waals surface area (Å²) in [5.41, 5.74) is 9.31. The molecule has 2 heterocycles. The number of piperazine rings is 1. The van der Waals surface area contributed by atoms with Crippen LogP contribution in [0.25, 0.3) is 0 Å². The zero-order chi connectivity index (χ0) is 19.5. The fraction of sp³-hybridized carbons (Fsp3) is 0.333. The Morgan fingerprint density at radius 2 is 1.71 bits per heavy atom. The van der Waals surface area contributed by atoms with Crippen LogP contribution in [0.5, 0.6) is 0 Å². The van der Waals surface area contributed by atoms with E-state index in [-0.39, 0.29) is 6.03 Å². The molecule has 0 aromatic heterocycles. The van der Waals surface area contributed by atoms with Gasteiger partial charge in [0.1, 0.15) is 0 Å². The number of rotatable bonds is 3. The van der Waals surface area contributed by atoms with E-state index < -0.39 is 6.03 Å². The molecule has 0 saturated carbocycles. The molecule has 0 spiro atoms. The number of urea groups is 2. The van der Waals surface area contributed by atoms with Crippen LogP contribution >= 0.6 is 0 Å². The van der Waals surface area contributed by atoms with Crippen molar-refractivity contribution in [3.63, 3.8) is 0 Å². The van der Waals surface area contributed by atoms with Crippen molar-refractivity contribution >= 4 is 23.4 Å². The number of hydrogen-bond donors (Lipinski definition) is 2. The molecule has 0 aliphatic carbocycles. The maximum Gasteiger partial charge on any atom is 0.321 e. The number of amides is 4. The number of nitrogens with one attached hydrogen (secondary N) is 1. The van der Waals surface area contributed by atoms with Crippen LogP contribution in [0.4, 0.5) is 21.0 Å². The molecule has 1 fully saturated rings. The Kier molecular flexibility index (Phi) is 5.16. The molecule has 28 heavy (non-hydrogen) atoms. The van der Waals surface area contributed by atoms with Gasteiger partial charge in [0.05, 0.1) is 0 Å². The predicted molar refractivity (Wildman–Crippen MR) is 109 cm³/mol. The lowest BCUT2D eigenvalue weighted by atomic mass is 10.1. The Morgan fingerprint density at radius 1 is 0.964 bits per heavy atom. The standard InChI is InChI=1S/C21H25N5O2/c22-20(27)26-9-8-17-14-18(6-7-19(17)26)23-21(28)25-12-10-24(11-13-25)15-16-4-2-1-3-5-16/h1-7,14H,8-13,15H2,(H2,22,27)(H,23,28). The molecule has 0 radical (unpaired) electrons. The fourth-order valence-corrected chi connectivity index (χ4v) is 3.86. The first-order chi connectivity index (χ1) is 13.6. The Balaban J connectivity index is 1.31. The molecule has 0 unspecified atom stereocenters. The summed E-state index contributed by atoms with van der Waals surface area (Å²) in [5.74, 6) is 0. The highest BCUT2D eigenvalue weighted by Gasteiger charge is 2.24. The van der Waals surface area contributed by atoms with Gasteiger partial charge in [-0.05, 0) is 35.7 Å². The van der Waals surface area contributed by atoms with E-state index in [4.69, 9.17) is 5.73 Å². The zero-order valence-corrected chi connectivity index (χ0v) is 15.8. The summed E-state index contributed by atoms with van der Waals surface area (Å²) in [5, 5.41) is 2.98. The van der Waals surface area contributed by atoms with E-state index in [1.165, 1.54) is 5.56 Å². The van der Waals surface area contributed by atoms with Gasteiger partial charge in [0, 0.05) is 50.6 Å². The molecule has 7 heteroatoms. The third-order valence-electron chi connectivity index (χ3n) is 5.40. The van der Waals surface area contributed by atoms with E-state index in [9.17, 15) is 9.59 Å². The van der Waals surface area contributed by atoms with E-state index in [0.29, 0.717) is 19.6 Å². The van der Waals surface area contributed by atoms with E-state index in [1.54, 1.807) is 4.90 Å². The van der Waals surface area contributed by atoms with Crippen molar-refractivity contribution in [1.29, 1.82) is 0 Å². The summed E-state index contributed by atoms with van der Waals surface area (Å²) < 4.78 is 0. The molecule has 0 bridgehead atoms. The van der Waals surface area contributed by atoms with Crippen LogP contribution in [0.2, 0.25) is 0 Å². The summed E-state index contributed by atoms with van der Waals surface area (Å²) in [4.78, 5) is 29.8. The molecule has 4 rings (SSSR count). The van der Waals surface area contributed by atoms with E-state index in [1.807, 2.05) is 29.2 Å². The van der Waals surface area contributed by atoms with Gasteiger partial charge < -0.3 is 16.0 Å². The molecule has 2 aromatic rings. The van der Waals surface area contributed by atoms with Gasteiger partial charge in [0.25, 0.3) is 0 Å². The van der Waals surface area contributed by atoms with E-state index >= 15 is 0 Å². The molecule has 7 nitrogen and oxygen atoms in total. The molecule has 2 aromatic carbocycles. The van der Waals surface area contributed by atoms with Gasteiger partial charge in [-0.1, -0.05) is 30.3 Å². The number of anilines is 2. The number of nitrogens with zero attached hydrogens (tertiary/aromatic N) is 3. The summed E-state index contributed by atoms with van der Waals surface area (Å²) in [6.45, 7) is 4.64. The van der Waals surface area contributed by atoms with Crippen LogP contribution in [0.15, 0.2) is 48.5 Å². The van der Waals surface area contributed by atoms with Gasteiger partial charge in [0.2, 0.25) is 0 Å². The maximum absolute atomic E-state index is 12.6. The second-order valence-electron chi connectivity index (χ2n) is 7.26. The normalized spacial score (nSPS) is 16.7. The van der Waals surface area contributed by atoms with Crippen LogP contribution in [-0.2, 0) is 13.0 Å². The molecule has 2 aliphatic heterocycles. The van der Waals surface area contributed by atoms with Gasteiger partial charge in [-0.25, -0.2) is 9.59 Å². The summed E-state index contributed by atoms with van der Waals surface area (Å²) in [7, 11) is 0. The van der Waals surface area contributed by atoms with Gasteiger partial charge in [-0.3, -0.25) is 9.80 Å². The molecular formula is C21H25N5O2. The number of hydrogen-bond acceptors (Lipinski definition) is 3. The Hall–Kier alpha value is -3.06. The lowest BCUT2D eigenvalue weighted by Gasteiger charge is -2.34. The van der Waals surface area contributed by atoms with Crippen molar-refractivity contribution in [2.45, 2.75) is 13.0 Å². The average molecular weight is 379 g/mol. The molecule has 3 N–H and O–H groups in total. The monoisotopic (exact) mass is 379 g/mol. The van der Waals surface area contributed by atoms with Crippen molar-refractivity contribution in [1.82, 2.24) is 9.80 Å². The van der Waals surface area contributed by atoms with Crippen LogP contribution in [0.1, 0.15) is 11.1 Å². The van der Waals surface area contributed by atoms with Crippen molar-refractivity contribution in [2.75, 3.05) is 42.9 Å². The highest BCUT2D eigenvalue weighted by molar-refractivity contribution is 5.94. The topological polar surface area (TPSA) is 81.9 Å². The molecule has 0 atom stereocenters. The highest BCUT2D eigenvalue weighted by Crippen LogP contribution is 2.30. The smallest absolute Gasteiger partial charge is 0.321 e. The van der Waals surface area contributed by atoms with Gasteiger partial charge in [-0.15, -0.1) is 0 Å². The summed E-state index contributed by atoms with van der Waals surface area (Å²) in [6, 6.07) is 15.5. The molecular weight excluding hydrogens is 354 g/mol. The van der Waals surface area contributed by atoms with E-state index in [0.717, 1.165) is 43.0 Å². The zero-order valence-electron chi connectivity index (χ0n) is 15.8. The first-order valence-electron chi connectivity index (χ1n) is 9.62. The Bertz CT molecular complexity index is 862. The number of benzene rings is 2. The Morgan fingerprint density at radius 3 is 2.43 bits per heavy atom. The van der Waals surface area contributed by atoms with Crippen molar-refractivity contribution in [2.24, 2.45) is 5.73 Å². The predicted octanol–water partition coefficient (Wildman–Crippen LogP) is 2.48. The second kappa shape index (κ2) is 7.90. The third-order valence-corrected chi connectivity index (χ3v) is 5.40. The number of primary amides is 1. The summed E-state index contributed by atoms with van der Waals surface area (Å²) in [6.07, 6.45) is 0.750. The van der Waals surface area contributed by atoms with Gasteiger partial charge in [-0.2, -0.15) is 0 Å². The minimum Gasteiger partial charge on any atom is -0.351 e. The SMILES string of the molecule is NC(=O)N1CCc2cc(NC(=O)N3CCN(Cc4ccccc4)CC3)ccc21. The lowest BCUT2D eigenvalue weighted by molar-refractivity contribution is 0.143. The minimum absolute atomic E-state index is 0.0796. The molecule has 146 valence electrons. The summed E-state index contributed by atoms with van der Waals surface area (Å²) >= 11 is 0. The largest absolute Gasteiger partial charge is 0.351 e. The number of nitrogens with two attached hydrogens (primary N) is 1. The van der Waals surface area contributed by atoms with Gasteiger partial charge >= 0.3 is 12.1 Å². The molecule has 1 saturated heterocycles. The first kappa shape index (κ1) is 18.3. The van der Waals surface area contributed by atoms with Gasteiger partial charge in [0.15, 0.2) is 0 Å². The second-order valence-corrected chi connectivity index (χ2v) is 7.26. The first-order valence-corrected chi connectivity index (χ1v) is 9.62. The van der Waals surface area contributed by atoms with Crippen molar-refractivity contribution < 1.29 is 9.59 Å². The number of carbonyl (C=O) groups is 2. The van der Waals surface area contributed by atoms with E-state index in [2.05, 4.69) is 34.5 Å². The number of fused-ring (bicyclic) bond motifs is 1. The van der Waals surface area contributed by atoms with Crippen LogP contribution < -0.4 is 16.0 Å². The maximum atomic E-state index is 12.6. The van der Waals surface area contributed by atoms with Crippen LogP contribution in [0, 0.1) is 0 Å². The Labute approximate surface area is 164 Å². The van der Waals surface area contributed by atoms with Crippen LogP contribution in [0.3, 0.4) is 0 Å². The number of carbonyl (C=O) groups excluding carboxylic acids is 2. The molecule has 4 amide bonds. The highest BCUT2D eigenvalue weighted by atomic mass is 16.2. The third kappa shape index (κ3) is 3.94. The average Bonchev–Trinajstić information content (AvgIpc) is 3.13. The molecule has 2 aliphatic rings. The van der Waals surface area contributed by atoms with Crippen molar-refractivity contribution in [3.8, 4) is 0 Å². The minimum atomic E-state index is -0.441. The van der Waals surface area contributed by atoms with Crippen molar-refractivity contribution in [3.05, 3.63) is 59.7 Å². The fourth-order valence-electron chi connectivity index (χ4n) is 3.86. The quantitative estimate of drug-likeness (QED) is 0.860.